The third-order valence-corrected chi connectivity index (χ3v) is 13.5. The van der Waals surface area contributed by atoms with E-state index in [9.17, 15) is 0 Å². The zero-order valence-electron chi connectivity index (χ0n) is 39.6. The fourth-order valence-corrected chi connectivity index (χ4v) is 9.69. The second-order valence-electron chi connectivity index (χ2n) is 18.2. The number of hydrogen-bond acceptors (Lipinski definition) is 2. The van der Waals surface area contributed by atoms with Gasteiger partial charge in [0.25, 0.3) is 0 Å². The summed E-state index contributed by atoms with van der Waals surface area (Å²) in [6.07, 6.45) is 0. The normalized spacial score (nSPS) is 11.1. The van der Waals surface area contributed by atoms with Crippen LogP contribution in [0, 0.1) is 0 Å². The van der Waals surface area contributed by atoms with E-state index in [1.165, 1.54) is 50.1 Å². The topological polar surface area (TPSA) is 25.8 Å². The largest absolute Gasteiger partial charge is 0.228 e. The highest BCUT2D eigenvalue weighted by Crippen LogP contribution is 2.36. The molecule has 0 aliphatic heterocycles. The van der Waals surface area contributed by atoms with Gasteiger partial charge in [0.2, 0.25) is 0 Å². The Labute approximate surface area is 421 Å². The smallest absolute Gasteiger partial charge is 0.160 e. The third-order valence-electron chi connectivity index (χ3n) is 13.5. The van der Waals surface area contributed by atoms with E-state index in [0.29, 0.717) is 5.82 Å². The van der Waals surface area contributed by atoms with Crippen molar-refractivity contribution < 1.29 is 0 Å². The second-order valence-corrected chi connectivity index (χ2v) is 18.2. The Balaban J connectivity index is 0.863. The maximum atomic E-state index is 5.32. The van der Waals surface area contributed by atoms with Crippen LogP contribution in [0.5, 0.6) is 0 Å². The van der Waals surface area contributed by atoms with Crippen molar-refractivity contribution in [2.45, 2.75) is 0 Å². The van der Waals surface area contributed by atoms with Crippen LogP contribution in [0.2, 0.25) is 0 Å². The summed E-state index contributed by atoms with van der Waals surface area (Å²) in [6.45, 7) is 0. The summed E-state index contributed by atoms with van der Waals surface area (Å²) >= 11 is 0. The molecule has 0 aliphatic carbocycles. The van der Waals surface area contributed by atoms with Crippen LogP contribution in [0.25, 0.3) is 123 Å². The van der Waals surface area contributed by atoms with Crippen LogP contribution in [-0.4, -0.2) is 9.97 Å². The maximum absolute atomic E-state index is 5.32. The Morgan fingerprint density at radius 3 is 0.625 bits per heavy atom. The Morgan fingerprint density at radius 1 is 0.139 bits per heavy atom. The van der Waals surface area contributed by atoms with Crippen molar-refractivity contribution in [1.29, 1.82) is 0 Å². The molecule has 0 radical (unpaired) electrons. The summed E-state index contributed by atoms with van der Waals surface area (Å²) in [5.41, 5.74) is 23.5. The average molecular weight is 917 g/mol. The lowest BCUT2D eigenvalue weighted by atomic mass is 9.94. The highest BCUT2D eigenvalue weighted by atomic mass is 14.9. The molecule has 1 heterocycles. The van der Waals surface area contributed by atoms with Crippen molar-refractivity contribution in [2.75, 3.05) is 0 Å². The first-order chi connectivity index (χ1) is 35.6. The van der Waals surface area contributed by atoms with E-state index in [-0.39, 0.29) is 0 Å². The maximum Gasteiger partial charge on any atom is 0.160 e. The van der Waals surface area contributed by atoms with Gasteiger partial charge in [0.1, 0.15) is 0 Å². The lowest BCUT2D eigenvalue weighted by molar-refractivity contribution is 1.18. The standard InChI is InChI=1S/C70H48N2/c1-4-17-49(18-5-1)54-23-10-28-59(41-54)60-29-12-25-56(43-60)52-37-39-53(40-38-52)57-26-13-31-62(44-57)64-33-15-35-66(46-64)69-48-68(71-70(72-69)67-36-16-27-58(47-67)51-21-8-3-9-22-51)65-34-14-32-63(45-65)61-30-11-24-55(42-61)50-19-6-2-7-20-50/h1-48H. The Bertz CT molecular complexity index is 3840. The fraction of sp³-hybridized carbons (Fsp3) is 0. The zero-order valence-corrected chi connectivity index (χ0v) is 39.6. The fourth-order valence-electron chi connectivity index (χ4n) is 9.69. The Kier molecular flexibility index (Phi) is 12.1. The van der Waals surface area contributed by atoms with Crippen LogP contribution in [0.3, 0.4) is 0 Å². The molecule has 0 bridgehead atoms. The molecule has 0 aliphatic rings. The van der Waals surface area contributed by atoms with Gasteiger partial charge in [0.05, 0.1) is 11.4 Å². The van der Waals surface area contributed by atoms with Crippen molar-refractivity contribution in [3.63, 3.8) is 0 Å². The molecule has 2 heteroatoms. The van der Waals surface area contributed by atoms with Crippen LogP contribution in [0.15, 0.2) is 291 Å². The van der Waals surface area contributed by atoms with Gasteiger partial charge >= 0.3 is 0 Å². The van der Waals surface area contributed by atoms with Gasteiger partial charge in [-0.1, -0.05) is 243 Å². The number of hydrogen-bond donors (Lipinski definition) is 0. The van der Waals surface area contributed by atoms with E-state index in [4.69, 9.17) is 9.97 Å². The molecule has 0 saturated heterocycles. The van der Waals surface area contributed by atoms with Crippen LogP contribution in [0.4, 0.5) is 0 Å². The van der Waals surface area contributed by atoms with Gasteiger partial charge in [-0.2, -0.15) is 0 Å². The van der Waals surface area contributed by atoms with Crippen molar-refractivity contribution in [1.82, 2.24) is 9.97 Å². The molecule has 0 N–H and O–H groups in total. The van der Waals surface area contributed by atoms with E-state index in [1.54, 1.807) is 0 Å². The van der Waals surface area contributed by atoms with Crippen molar-refractivity contribution in [3.8, 4) is 123 Å². The highest BCUT2D eigenvalue weighted by molar-refractivity contribution is 5.83. The molecule has 0 unspecified atom stereocenters. The molecule has 1 aromatic heterocycles. The summed E-state index contributed by atoms with van der Waals surface area (Å²) in [5, 5.41) is 0. The summed E-state index contributed by atoms with van der Waals surface area (Å²) in [7, 11) is 0. The number of benzene rings is 11. The average Bonchev–Trinajstić information content (AvgIpc) is 3.48. The molecule has 2 nitrogen and oxygen atoms in total. The van der Waals surface area contributed by atoms with Gasteiger partial charge in [0, 0.05) is 16.7 Å². The third kappa shape index (κ3) is 9.46. The van der Waals surface area contributed by atoms with E-state index in [0.717, 1.165) is 67.0 Å². The predicted octanol–water partition coefficient (Wildman–Crippen LogP) is 18.8. The SMILES string of the molecule is c1ccc(-c2cccc(-c3cccc(-c4ccc(-c5cccc(-c6cccc(-c7cc(-c8cccc(-c9cccc(-c%10ccccc%10)c9)c8)nc(-c8cccc(-c9ccccc9)c8)n7)c6)c5)cc4)c3)c2)cc1. The first-order valence-corrected chi connectivity index (χ1v) is 24.5. The summed E-state index contributed by atoms with van der Waals surface area (Å²) in [4.78, 5) is 10.6. The second kappa shape index (κ2) is 19.8. The summed E-state index contributed by atoms with van der Waals surface area (Å²) in [6, 6.07) is 104. The van der Waals surface area contributed by atoms with Gasteiger partial charge in [-0.3, -0.25) is 0 Å². The molecule has 0 fully saturated rings. The van der Waals surface area contributed by atoms with Gasteiger partial charge in [-0.15, -0.1) is 0 Å². The summed E-state index contributed by atoms with van der Waals surface area (Å²) in [5.74, 6) is 0.677. The minimum absolute atomic E-state index is 0.677. The molecule has 11 aromatic carbocycles. The molecule has 0 amide bonds. The number of rotatable bonds is 11. The van der Waals surface area contributed by atoms with Gasteiger partial charge in [-0.05, 0) is 138 Å². The van der Waals surface area contributed by atoms with Gasteiger partial charge in [-0.25, -0.2) is 9.97 Å². The van der Waals surface area contributed by atoms with E-state index in [2.05, 4.69) is 285 Å². The minimum atomic E-state index is 0.677. The van der Waals surface area contributed by atoms with E-state index < -0.39 is 0 Å². The van der Waals surface area contributed by atoms with Gasteiger partial charge < -0.3 is 0 Å². The van der Waals surface area contributed by atoms with Crippen molar-refractivity contribution >= 4 is 0 Å². The van der Waals surface area contributed by atoms with E-state index in [1.807, 2.05) is 6.07 Å². The molecule has 0 atom stereocenters. The molecule has 12 aromatic rings. The molecular weight excluding hydrogens is 869 g/mol. The number of aromatic nitrogens is 2. The minimum Gasteiger partial charge on any atom is -0.228 e. The lowest BCUT2D eigenvalue weighted by Crippen LogP contribution is -1.96. The molecule has 0 saturated carbocycles. The monoisotopic (exact) mass is 916 g/mol. The lowest BCUT2D eigenvalue weighted by Gasteiger charge is -2.13. The quantitative estimate of drug-likeness (QED) is 0.129. The zero-order chi connectivity index (χ0) is 48.1. The van der Waals surface area contributed by atoms with Crippen LogP contribution in [0.1, 0.15) is 0 Å². The molecular formula is C70H48N2. The van der Waals surface area contributed by atoms with Gasteiger partial charge in [0.15, 0.2) is 5.82 Å². The van der Waals surface area contributed by atoms with E-state index >= 15 is 0 Å². The number of nitrogens with zero attached hydrogens (tertiary/aromatic N) is 2. The predicted molar refractivity (Wildman–Crippen MR) is 302 cm³/mol. The van der Waals surface area contributed by atoms with Crippen molar-refractivity contribution in [2.24, 2.45) is 0 Å². The van der Waals surface area contributed by atoms with Crippen LogP contribution in [-0.2, 0) is 0 Å². The highest BCUT2D eigenvalue weighted by Gasteiger charge is 2.15. The van der Waals surface area contributed by atoms with Crippen LogP contribution < -0.4 is 0 Å². The molecule has 72 heavy (non-hydrogen) atoms. The Hall–Kier alpha value is -9.50. The molecule has 12 rings (SSSR count). The van der Waals surface area contributed by atoms with Crippen LogP contribution >= 0.6 is 0 Å². The Morgan fingerprint density at radius 2 is 0.333 bits per heavy atom. The first kappa shape index (κ1) is 43.8. The summed E-state index contributed by atoms with van der Waals surface area (Å²) < 4.78 is 0. The molecule has 0 spiro atoms. The first-order valence-electron chi connectivity index (χ1n) is 24.5. The van der Waals surface area contributed by atoms with Crippen molar-refractivity contribution in [3.05, 3.63) is 291 Å². The molecule has 338 valence electrons.